The van der Waals surface area contributed by atoms with Crippen LogP contribution in [0.1, 0.15) is 50.7 Å². The molecule has 1 fully saturated rings. The molecule has 3 heterocycles. The number of aliphatic imine (C=N–C) groups is 1. The number of furan rings is 1. The molecule has 1 aliphatic carbocycles. The molecule has 9 heteroatoms. The molecule has 0 saturated heterocycles. The Bertz CT molecular complexity index is 1160. The topological polar surface area (TPSA) is 82.0 Å². The number of hydrogen-bond acceptors (Lipinski definition) is 6. The van der Waals surface area contributed by atoms with E-state index in [1.807, 2.05) is 30.3 Å². The Hall–Kier alpha value is -2.29. The third-order valence-electron chi connectivity index (χ3n) is 5.91. The number of hydrogen-bond donors (Lipinski definition) is 1. The molecule has 0 unspecified atom stereocenters. The van der Waals surface area contributed by atoms with Crippen LogP contribution in [0.2, 0.25) is 5.02 Å². The summed E-state index contributed by atoms with van der Waals surface area (Å²) in [6.45, 7) is 0. The highest BCUT2D eigenvalue weighted by Crippen LogP contribution is 2.34. The smallest absolute Gasteiger partial charge is 0.283 e. The number of thioether (sulfide) groups is 1. The summed E-state index contributed by atoms with van der Waals surface area (Å²) in [4.78, 5) is 17.8. The molecule has 3 aliphatic rings. The zero-order valence-electron chi connectivity index (χ0n) is 17.9. The molecular formula is C24H23ClN4O2S2. The quantitative estimate of drug-likeness (QED) is 0.431. The van der Waals surface area contributed by atoms with Gasteiger partial charge in [-0.25, -0.2) is 0 Å². The van der Waals surface area contributed by atoms with Gasteiger partial charge in [0.05, 0.1) is 5.57 Å². The van der Waals surface area contributed by atoms with Crippen LogP contribution in [0.15, 0.2) is 66.5 Å². The van der Waals surface area contributed by atoms with Crippen LogP contribution in [-0.2, 0) is 4.79 Å². The zero-order chi connectivity index (χ0) is 22.8. The van der Waals surface area contributed by atoms with E-state index in [9.17, 15) is 4.79 Å². The van der Waals surface area contributed by atoms with Gasteiger partial charge in [-0.1, -0.05) is 55.5 Å². The molecule has 0 radical (unpaired) electrons. The van der Waals surface area contributed by atoms with Crippen molar-refractivity contribution in [2.24, 2.45) is 16.0 Å². The number of rotatable bonds is 6. The maximum atomic E-state index is 12.6. The second kappa shape index (κ2) is 9.91. The molecule has 1 aromatic carbocycles. The van der Waals surface area contributed by atoms with Crippen molar-refractivity contribution in [3.8, 4) is 0 Å². The fourth-order valence-electron chi connectivity index (χ4n) is 4.16. The average Bonchev–Trinajstić information content (AvgIpc) is 3.44. The zero-order valence-corrected chi connectivity index (χ0v) is 20.3. The molecular weight excluding hydrogens is 476 g/mol. The first kappa shape index (κ1) is 22.5. The van der Waals surface area contributed by atoms with E-state index < -0.39 is 5.91 Å². The molecule has 170 valence electrons. The van der Waals surface area contributed by atoms with Crippen LogP contribution < -0.4 is 0 Å². The lowest BCUT2D eigenvalue weighted by atomic mass is 9.86. The normalized spacial score (nSPS) is 20.3. The summed E-state index contributed by atoms with van der Waals surface area (Å²) in [6, 6.07) is 11.1. The van der Waals surface area contributed by atoms with Crippen molar-refractivity contribution in [2.45, 2.75) is 54.9 Å². The van der Waals surface area contributed by atoms with Gasteiger partial charge in [0, 0.05) is 9.92 Å². The van der Waals surface area contributed by atoms with Crippen LogP contribution in [-0.4, -0.2) is 27.0 Å². The summed E-state index contributed by atoms with van der Waals surface area (Å²) < 4.78 is 5.85. The molecule has 33 heavy (non-hydrogen) atoms. The first-order valence-electron chi connectivity index (χ1n) is 11.1. The van der Waals surface area contributed by atoms with E-state index >= 15 is 0 Å². The Morgan fingerprint density at radius 3 is 2.76 bits per heavy atom. The second-order valence-corrected chi connectivity index (χ2v) is 10.8. The molecule has 2 aliphatic heterocycles. The highest BCUT2D eigenvalue weighted by molar-refractivity contribution is 8.26. The summed E-state index contributed by atoms with van der Waals surface area (Å²) in [7, 11) is 0. The van der Waals surface area contributed by atoms with Gasteiger partial charge in [-0.05, 0) is 73.0 Å². The number of nitrogens with one attached hydrogen (secondary N) is 1. The third kappa shape index (κ3) is 5.28. The number of carbonyl (C=O) groups is 1. The van der Waals surface area contributed by atoms with Gasteiger partial charge in [0.2, 0.25) is 5.17 Å². The van der Waals surface area contributed by atoms with Gasteiger partial charge in [0.1, 0.15) is 10.8 Å². The Kier molecular flexibility index (Phi) is 6.76. The standard InChI is InChI=1S/C24H23ClN4O2S2/c25-16-7-10-18(11-8-16)32-21-13-9-17(31-21)14-19-22(26)29-24(27-23(19)30)33-20(28-29)12-6-15-4-2-1-3-5-15/h7-11,13-15,26H,1-6,12H2/b19-14-,26-22?. The van der Waals surface area contributed by atoms with Crippen molar-refractivity contribution in [2.75, 3.05) is 0 Å². The van der Waals surface area contributed by atoms with E-state index in [0.29, 0.717) is 21.0 Å². The number of hydrazone groups is 1. The van der Waals surface area contributed by atoms with Gasteiger partial charge in [0.15, 0.2) is 10.9 Å². The number of benzene rings is 1. The van der Waals surface area contributed by atoms with E-state index in [2.05, 4.69) is 10.1 Å². The van der Waals surface area contributed by atoms with Gasteiger partial charge in [-0.3, -0.25) is 10.2 Å². The van der Waals surface area contributed by atoms with Gasteiger partial charge in [-0.15, -0.1) is 0 Å². The predicted octanol–water partition coefficient (Wildman–Crippen LogP) is 7.06. The maximum Gasteiger partial charge on any atom is 0.283 e. The van der Waals surface area contributed by atoms with Crippen molar-refractivity contribution in [3.05, 3.63) is 52.8 Å². The summed E-state index contributed by atoms with van der Waals surface area (Å²) in [5.74, 6) is 0.850. The Morgan fingerprint density at radius 2 is 1.97 bits per heavy atom. The highest BCUT2D eigenvalue weighted by Gasteiger charge is 2.35. The summed E-state index contributed by atoms with van der Waals surface area (Å²) in [5, 5.41) is 17.4. The van der Waals surface area contributed by atoms with Gasteiger partial charge < -0.3 is 4.42 Å². The number of amidine groups is 2. The lowest BCUT2D eigenvalue weighted by Crippen LogP contribution is -2.35. The maximum absolute atomic E-state index is 12.6. The number of halogens is 1. The first-order chi connectivity index (χ1) is 16.0. The minimum atomic E-state index is -0.439. The van der Waals surface area contributed by atoms with Crippen molar-refractivity contribution in [1.82, 2.24) is 5.01 Å². The van der Waals surface area contributed by atoms with Crippen molar-refractivity contribution in [1.29, 1.82) is 5.41 Å². The molecule has 6 nitrogen and oxygen atoms in total. The van der Waals surface area contributed by atoms with Crippen LogP contribution in [0.4, 0.5) is 0 Å². The van der Waals surface area contributed by atoms with Crippen LogP contribution in [0.3, 0.4) is 0 Å². The van der Waals surface area contributed by atoms with E-state index in [-0.39, 0.29) is 11.4 Å². The lowest BCUT2D eigenvalue weighted by molar-refractivity contribution is -0.114. The fraction of sp³-hybridized carbons (Fsp3) is 0.333. The first-order valence-corrected chi connectivity index (χ1v) is 13.1. The van der Waals surface area contributed by atoms with Gasteiger partial charge >= 0.3 is 0 Å². The van der Waals surface area contributed by atoms with Crippen molar-refractivity contribution in [3.63, 3.8) is 0 Å². The van der Waals surface area contributed by atoms with Crippen molar-refractivity contribution < 1.29 is 9.21 Å². The highest BCUT2D eigenvalue weighted by atomic mass is 35.5. The molecule has 1 amide bonds. The summed E-state index contributed by atoms with van der Waals surface area (Å²) in [5.41, 5.74) is 0.175. The van der Waals surface area contributed by atoms with E-state index in [0.717, 1.165) is 28.7 Å². The SMILES string of the molecule is N=C1/C(=C/c2ccc(Sc3ccc(Cl)cc3)o2)C(=O)N=C2SC(CCC3CCCCC3)=NN12. The van der Waals surface area contributed by atoms with Crippen LogP contribution >= 0.6 is 35.1 Å². The Morgan fingerprint density at radius 1 is 1.18 bits per heavy atom. The number of carbonyl (C=O) groups excluding carboxylic acids is 1. The average molecular weight is 499 g/mol. The monoisotopic (exact) mass is 498 g/mol. The molecule has 0 atom stereocenters. The number of fused-ring (bicyclic) bond motifs is 1. The van der Waals surface area contributed by atoms with Crippen LogP contribution in [0.25, 0.3) is 6.08 Å². The van der Waals surface area contributed by atoms with Gasteiger partial charge in [0.25, 0.3) is 5.91 Å². The largest absolute Gasteiger partial charge is 0.450 e. The Balaban J connectivity index is 1.27. The molecule has 1 N–H and O–H groups in total. The third-order valence-corrected chi connectivity index (χ3v) is 8.06. The molecule has 0 bridgehead atoms. The van der Waals surface area contributed by atoms with Gasteiger partial charge in [-0.2, -0.15) is 15.1 Å². The van der Waals surface area contributed by atoms with E-state index in [1.165, 1.54) is 60.6 Å². The summed E-state index contributed by atoms with van der Waals surface area (Å²) in [6.07, 6.45) is 10.1. The minimum absolute atomic E-state index is 0.0356. The summed E-state index contributed by atoms with van der Waals surface area (Å²) >= 11 is 8.80. The lowest BCUT2D eigenvalue weighted by Gasteiger charge is -2.20. The molecule has 5 rings (SSSR count). The van der Waals surface area contributed by atoms with E-state index in [1.54, 1.807) is 12.1 Å². The Labute approximate surface area is 206 Å². The minimum Gasteiger partial charge on any atom is -0.450 e. The number of nitrogens with zero attached hydrogens (tertiary/aromatic N) is 3. The molecule has 2 aromatic rings. The second-order valence-electron chi connectivity index (χ2n) is 8.27. The molecule has 0 spiro atoms. The van der Waals surface area contributed by atoms with Crippen molar-refractivity contribution >= 4 is 63.2 Å². The fourth-order valence-corrected chi connectivity index (χ4v) is 5.97. The van der Waals surface area contributed by atoms with E-state index in [4.69, 9.17) is 21.4 Å². The molecule has 1 saturated carbocycles. The van der Waals surface area contributed by atoms with Crippen LogP contribution in [0.5, 0.6) is 0 Å². The predicted molar refractivity (Wildman–Crippen MR) is 135 cm³/mol. The number of amides is 1. The molecule has 1 aromatic heterocycles. The van der Waals surface area contributed by atoms with Crippen LogP contribution in [0, 0.1) is 11.3 Å².